The van der Waals surface area contributed by atoms with Crippen LogP contribution in [0.1, 0.15) is 24.1 Å². The minimum absolute atomic E-state index is 0.124. The third kappa shape index (κ3) is 3.04. The van der Waals surface area contributed by atoms with Crippen LogP contribution in [0.4, 0.5) is 0 Å². The van der Waals surface area contributed by atoms with Gasteiger partial charge in [0.2, 0.25) is 10.0 Å². The van der Waals surface area contributed by atoms with E-state index >= 15 is 0 Å². The van der Waals surface area contributed by atoms with E-state index in [1.807, 2.05) is 38.1 Å². The van der Waals surface area contributed by atoms with Crippen LogP contribution in [-0.4, -0.2) is 26.0 Å². The lowest BCUT2D eigenvalue weighted by Crippen LogP contribution is -2.28. The Bertz CT molecular complexity index is 422. The molecule has 0 fully saturated rings. The van der Waals surface area contributed by atoms with Crippen molar-refractivity contribution in [3.8, 4) is 0 Å². The maximum Gasteiger partial charge on any atom is 0.211 e. The molecule has 1 aromatic carbocycles. The van der Waals surface area contributed by atoms with E-state index < -0.39 is 10.0 Å². The predicted molar refractivity (Wildman–Crippen MR) is 62.2 cm³/mol. The lowest BCUT2D eigenvalue weighted by Gasteiger charge is -2.22. The van der Waals surface area contributed by atoms with Crippen molar-refractivity contribution in [2.75, 3.05) is 13.3 Å². The van der Waals surface area contributed by atoms with Gasteiger partial charge in [0, 0.05) is 13.1 Å². The highest BCUT2D eigenvalue weighted by Gasteiger charge is 2.19. The van der Waals surface area contributed by atoms with Crippen LogP contribution in [0.2, 0.25) is 0 Å². The van der Waals surface area contributed by atoms with Crippen molar-refractivity contribution in [3.63, 3.8) is 0 Å². The van der Waals surface area contributed by atoms with Crippen LogP contribution >= 0.6 is 0 Å². The highest BCUT2D eigenvalue weighted by molar-refractivity contribution is 7.88. The van der Waals surface area contributed by atoms with Crippen LogP contribution in [-0.2, 0) is 10.0 Å². The first-order valence-electron chi connectivity index (χ1n) is 4.82. The van der Waals surface area contributed by atoms with E-state index in [2.05, 4.69) is 0 Å². The van der Waals surface area contributed by atoms with Crippen molar-refractivity contribution in [3.05, 3.63) is 35.4 Å². The Morgan fingerprint density at radius 3 is 2.07 bits per heavy atom. The average molecular weight is 227 g/mol. The molecule has 0 saturated carbocycles. The van der Waals surface area contributed by atoms with Crippen LogP contribution in [0.25, 0.3) is 0 Å². The summed E-state index contributed by atoms with van der Waals surface area (Å²) < 4.78 is 24.1. The van der Waals surface area contributed by atoms with Crippen LogP contribution in [0.5, 0.6) is 0 Å². The zero-order chi connectivity index (χ0) is 11.6. The highest BCUT2D eigenvalue weighted by Crippen LogP contribution is 2.20. The van der Waals surface area contributed by atoms with Crippen molar-refractivity contribution in [1.29, 1.82) is 0 Å². The zero-order valence-corrected chi connectivity index (χ0v) is 10.4. The second-order valence-corrected chi connectivity index (χ2v) is 5.91. The van der Waals surface area contributed by atoms with Crippen molar-refractivity contribution in [2.45, 2.75) is 19.9 Å². The van der Waals surface area contributed by atoms with Crippen molar-refractivity contribution in [2.24, 2.45) is 0 Å². The first-order chi connectivity index (χ1) is 6.82. The Morgan fingerprint density at radius 2 is 1.67 bits per heavy atom. The molecule has 0 heterocycles. The van der Waals surface area contributed by atoms with Gasteiger partial charge in [-0.3, -0.25) is 0 Å². The van der Waals surface area contributed by atoms with Crippen molar-refractivity contribution in [1.82, 2.24) is 4.31 Å². The normalized spacial score (nSPS) is 14.2. The molecule has 0 bridgehead atoms. The summed E-state index contributed by atoms with van der Waals surface area (Å²) in [6.45, 7) is 3.89. The van der Waals surface area contributed by atoms with E-state index in [1.165, 1.54) is 16.1 Å². The van der Waals surface area contributed by atoms with E-state index in [0.717, 1.165) is 5.56 Å². The molecule has 15 heavy (non-hydrogen) atoms. The second-order valence-electron chi connectivity index (χ2n) is 3.87. The minimum atomic E-state index is -3.13. The molecule has 0 N–H and O–H groups in total. The molecular formula is C11H17NO2S. The summed E-state index contributed by atoms with van der Waals surface area (Å²) in [5.41, 5.74) is 2.18. The Kier molecular flexibility index (Phi) is 3.52. The molecule has 0 aromatic heterocycles. The summed E-state index contributed by atoms with van der Waals surface area (Å²) in [6, 6.07) is 7.77. The van der Waals surface area contributed by atoms with Crippen LogP contribution in [0, 0.1) is 6.92 Å². The summed E-state index contributed by atoms with van der Waals surface area (Å²) in [6.07, 6.45) is 1.22. The molecule has 0 aliphatic heterocycles. The van der Waals surface area contributed by atoms with Gasteiger partial charge in [-0.15, -0.1) is 0 Å². The number of hydrogen-bond donors (Lipinski definition) is 0. The molecule has 0 aliphatic rings. The fourth-order valence-electron chi connectivity index (χ4n) is 1.34. The lowest BCUT2D eigenvalue weighted by molar-refractivity contribution is 0.402. The molecule has 0 aliphatic carbocycles. The molecule has 1 aromatic rings. The van der Waals surface area contributed by atoms with E-state index in [1.54, 1.807) is 7.05 Å². The van der Waals surface area contributed by atoms with Crippen molar-refractivity contribution >= 4 is 10.0 Å². The Labute approximate surface area is 91.8 Å². The number of sulfonamides is 1. The maximum atomic E-state index is 11.3. The van der Waals surface area contributed by atoms with E-state index in [0.29, 0.717) is 0 Å². The van der Waals surface area contributed by atoms with Gasteiger partial charge in [0.1, 0.15) is 0 Å². The SMILES string of the molecule is Cc1ccc([C@H](C)N(C)S(C)(=O)=O)cc1. The highest BCUT2D eigenvalue weighted by atomic mass is 32.2. The van der Waals surface area contributed by atoms with E-state index in [-0.39, 0.29) is 6.04 Å². The minimum Gasteiger partial charge on any atom is -0.212 e. The first kappa shape index (κ1) is 12.2. The first-order valence-corrected chi connectivity index (χ1v) is 6.67. The number of aryl methyl sites for hydroxylation is 1. The largest absolute Gasteiger partial charge is 0.212 e. The van der Waals surface area contributed by atoms with Crippen LogP contribution < -0.4 is 0 Å². The number of benzene rings is 1. The van der Waals surface area contributed by atoms with Crippen LogP contribution in [0.3, 0.4) is 0 Å². The number of hydrogen-bond acceptors (Lipinski definition) is 2. The topological polar surface area (TPSA) is 37.4 Å². The summed E-state index contributed by atoms with van der Waals surface area (Å²) in [5, 5.41) is 0. The third-order valence-electron chi connectivity index (χ3n) is 2.63. The molecule has 84 valence electrons. The summed E-state index contributed by atoms with van der Waals surface area (Å²) in [5.74, 6) is 0. The molecule has 0 radical (unpaired) electrons. The Balaban J connectivity index is 2.95. The van der Waals surface area contributed by atoms with Gasteiger partial charge in [-0.25, -0.2) is 8.42 Å². The quantitative estimate of drug-likeness (QED) is 0.791. The maximum absolute atomic E-state index is 11.3. The Hall–Kier alpha value is -0.870. The third-order valence-corrected chi connectivity index (χ3v) is 3.99. The van der Waals surface area contributed by atoms with Gasteiger partial charge in [0.05, 0.1) is 6.26 Å². The molecule has 0 spiro atoms. The van der Waals surface area contributed by atoms with Gasteiger partial charge in [-0.1, -0.05) is 29.8 Å². The fourth-order valence-corrected chi connectivity index (χ4v) is 2.04. The predicted octanol–water partition coefficient (Wildman–Crippen LogP) is 1.95. The molecule has 0 saturated heterocycles. The average Bonchev–Trinajstić information content (AvgIpc) is 2.15. The molecule has 3 nitrogen and oxygen atoms in total. The molecule has 4 heteroatoms. The smallest absolute Gasteiger partial charge is 0.211 e. The summed E-state index contributed by atoms with van der Waals surface area (Å²) >= 11 is 0. The van der Waals surface area contributed by atoms with E-state index in [4.69, 9.17) is 0 Å². The number of nitrogens with zero attached hydrogens (tertiary/aromatic N) is 1. The fraction of sp³-hybridized carbons (Fsp3) is 0.455. The molecule has 1 rings (SSSR count). The molecule has 0 unspecified atom stereocenters. The number of rotatable bonds is 3. The van der Waals surface area contributed by atoms with Gasteiger partial charge < -0.3 is 0 Å². The van der Waals surface area contributed by atoms with Gasteiger partial charge in [0.15, 0.2) is 0 Å². The van der Waals surface area contributed by atoms with E-state index in [9.17, 15) is 8.42 Å². The van der Waals surface area contributed by atoms with Crippen LogP contribution in [0.15, 0.2) is 24.3 Å². The summed E-state index contributed by atoms with van der Waals surface area (Å²) in [7, 11) is -1.53. The second kappa shape index (κ2) is 4.33. The molecule has 1 atom stereocenters. The zero-order valence-electron chi connectivity index (χ0n) is 9.56. The Morgan fingerprint density at radius 1 is 1.20 bits per heavy atom. The molecular weight excluding hydrogens is 210 g/mol. The summed E-state index contributed by atoms with van der Waals surface area (Å²) in [4.78, 5) is 0. The van der Waals surface area contributed by atoms with Gasteiger partial charge in [-0.2, -0.15) is 4.31 Å². The van der Waals surface area contributed by atoms with Gasteiger partial charge in [0.25, 0.3) is 0 Å². The molecule has 0 amide bonds. The standard InChI is InChI=1S/C11H17NO2S/c1-9-5-7-11(8-6-9)10(2)12(3)15(4,13)14/h5-8,10H,1-4H3/t10-/m0/s1. The lowest BCUT2D eigenvalue weighted by atomic mass is 10.1. The van der Waals surface area contributed by atoms with Gasteiger partial charge >= 0.3 is 0 Å². The van der Waals surface area contributed by atoms with Gasteiger partial charge in [-0.05, 0) is 19.4 Å². The van der Waals surface area contributed by atoms with Crippen molar-refractivity contribution < 1.29 is 8.42 Å². The monoisotopic (exact) mass is 227 g/mol.